The van der Waals surface area contributed by atoms with Crippen LogP contribution in [0, 0.1) is 5.82 Å². The molecule has 0 aliphatic rings. The molecule has 0 aliphatic carbocycles. The quantitative estimate of drug-likeness (QED) is 0.126. The van der Waals surface area contributed by atoms with Gasteiger partial charge in [-0.1, -0.05) is 90.0 Å². The number of hydrogen-bond donors (Lipinski definition) is 0. The van der Waals surface area contributed by atoms with Gasteiger partial charge < -0.3 is 35.9 Å². The molecule has 4 aromatic rings. The second-order valence-electron chi connectivity index (χ2n) is 7.76. The Kier molecular flexibility index (Phi) is 9.17. The zero-order chi connectivity index (χ0) is 25.0. The molecule has 36 heavy (non-hydrogen) atoms. The molecule has 0 spiro atoms. The molecule has 4 rings (SSSR count). The van der Waals surface area contributed by atoms with Crippen molar-refractivity contribution in [2.24, 2.45) is 0 Å². The van der Waals surface area contributed by atoms with Crippen molar-refractivity contribution in [3.63, 3.8) is 0 Å². The van der Waals surface area contributed by atoms with Crippen molar-refractivity contribution < 1.29 is 34.1 Å². The van der Waals surface area contributed by atoms with Gasteiger partial charge >= 0.3 is 6.18 Å². The first-order valence-corrected chi connectivity index (χ1v) is 11.4. The van der Waals surface area contributed by atoms with Crippen molar-refractivity contribution >= 4 is 36.6 Å². The molecule has 0 radical (unpaired) electrons. The molecule has 0 heterocycles. The predicted molar refractivity (Wildman–Crippen MR) is 134 cm³/mol. The minimum atomic E-state index is -4.55. The minimum Gasteiger partial charge on any atom is -0.781 e. The molecule has 2 unspecified atom stereocenters. The molecule has 2 atom stereocenters. The first kappa shape index (κ1) is 27.7. The number of hydrogen-bond acceptors (Lipinski definition) is 2. The van der Waals surface area contributed by atoms with Crippen molar-refractivity contribution in [2.45, 2.75) is 28.1 Å². The SMILES string of the molecule is Fc1cccc(C([N-]c2ccccc2[S-])C([N-]c2ccccc2[S-])c2cccc(C(F)(F)F)c2)c1.[Ni]. The average Bonchev–Trinajstić information content (AvgIpc) is 2.83. The summed E-state index contributed by atoms with van der Waals surface area (Å²) in [6, 6.07) is 22.7. The number of nitrogens with zero attached hydrogens (tertiary/aromatic N) is 2. The van der Waals surface area contributed by atoms with Crippen LogP contribution >= 0.6 is 0 Å². The van der Waals surface area contributed by atoms with Gasteiger partial charge in [0.15, 0.2) is 0 Å². The molecule has 0 fully saturated rings. The Labute approximate surface area is 228 Å². The minimum absolute atomic E-state index is 0. The van der Waals surface area contributed by atoms with Crippen LogP contribution in [0.5, 0.6) is 0 Å². The summed E-state index contributed by atoms with van der Waals surface area (Å²) in [6.45, 7) is 0. The van der Waals surface area contributed by atoms with E-state index in [2.05, 4.69) is 0 Å². The third kappa shape index (κ3) is 6.66. The first-order valence-electron chi connectivity index (χ1n) is 10.6. The van der Waals surface area contributed by atoms with Crippen LogP contribution in [0.2, 0.25) is 0 Å². The van der Waals surface area contributed by atoms with Gasteiger partial charge in [0.2, 0.25) is 0 Å². The molecule has 0 amide bonds. The number of alkyl halides is 3. The van der Waals surface area contributed by atoms with E-state index in [1.54, 1.807) is 60.7 Å². The summed E-state index contributed by atoms with van der Waals surface area (Å²) in [5.74, 6) is -0.499. The van der Waals surface area contributed by atoms with Crippen molar-refractivity contribution in [2.75, 3.05) is 0 Å². The zero-order valence-electron chi connectivity index (χ0n) is 18.4. The fourth-order valence-electron chi connectivity index (χ4n) is 3.67. The maximum absolute atomic E-state index is 14.3. The van der Waals surface area contributed by atoms with Crippen LogP contribution in [0.1, 0.15) is 28.8 Å². The fourth-order valence-corrected chi connectivity index (χ4v) is 4.07. The van der Waals surface area contributed by atoms with E-state index in [0.717, 1.165) is 12.1 Å². The Balaban J connectivity index is 0.00000361. The Hall–Kier alpha value is -2.87. The summed E-state index contributed by atoms with van der Waals surface area (Å²) in [5.41, 5.74) is 0.765. The summed E-state index contributed by atoms with van der Waals surface area (Å²) >= 11 is 10.8. The van der Waals surface area contributed by atoms with E-state index in [9.17, 15) is 17.6 Å². The topological polar surface area (TPSA) is 28.2 Å². The van der Waals surface area contributed by atoms with Gasteiger partial charge in [-0.25, -0.2) is 4.39 Å². The summed E-state index contributed by atoms with van der Waals surface area (Å²) in [4.78, 5) is 0.895. The zero-order valence-corrected chi connectivity index (χ0v) is 21.1. The van der Waals surface area contributed by atoms with Gasteiger partial charge in [-0.2, -0.15) is 34.3 Å². The maximum atomic E-state index is 14.3. The molecule has 0 bridgehead atoms. The molecule has 0 saturated carbocycles. The van der Waals surface area contributed by atoms with Crippen LogP contribution in [-0.2, 0) is 47.9 Å². The van der Waals surface area contributed by atoms with E-state index in [0.29, 0.717) is 26.7 Å². The molecule has 2 nitrogen and oxygen atoms in total. The average molecular weight is 569 g/mol. The van der Waals surface area contributed by atoms with E-state index in [4.69, 9.17) is 35.9 Å². The summed E-state index contributed by atoms with van der Waals surface area (Å²) in [7, 11) is 0. The van der Waals surface area contributed by atoms with Crippen LogP contribution in [0.25, 0.3) is 10.6 Å². The van der Waals surface area contributed by atoms with Gasteiger partial charge in [0.1, 0.15) is 5.82 Å². The molecular formula is C27H18F4N2NiS2-4. The molecule has 0 N–H and O–H groups in total. The molecule has 0 saturated heterocycles. The van der Waals surface area contributed by atoms with E-state index in [-0.39, 0.29) is 22.1 Å². The van der Waals surface area contributed by atoms with Crippen LogP contribution in [0.15, 0.2) is 107 Å². The maximum Gasteiger partial charge on any atom is 0.416 e. The second-order valence-corrected chi connectivity index (χ2v) is 8.64. The molecular weight excluding hydrogens is 551 g/mol. The predicted octanol–water partition coefficient (Wildman–Crippen LogP) is 8.85. The fraction of sp³-hybridized carbons (Fsp3) is 0.111. The number of rotatable bonds is 7. The van der Waals surface area contributed by atoms with Crippen molar-refractivity contribution in [3.8, 4) is 0 Å². The molecule has 0 aliphatic heterocycles. The smallest absolute Gasteiger partial charge is 0.416 e. The van der Waals surface area contributed by atoms with Gasteiger partial charge in [0, 0.05) is 16.5 Å². The Morgan fingerprint density at radius 3 is 1.56 bits per heavy atom. The standard InChI is InChI=1S/C27H20F4N2S2.Ni/c28-20-10-6-8-18(16-20)26(33-22-12-2-4-14-24(22)35)25(32-21-11-1-3-13-23(21)34)17-7-5-9-19(15-17)27(29,30)31;/h1-16,25-26,34-35H;/q-2;/p-2. The van der Waals surface area contributed by atoms with E-state index < -0.39 is 29.6 Å². The Morgan fingerprint density at radius 2 is 1.08 bits per heavy atom. The molecule has 9 heteroatoms. The van der Waals surface area contributed by atoms with Gasteiger partial charge in [0.05, 0.1) is 5.56 Å². The van der Waals surface area contributed by atoms with Crippen LogP contribution in [-0.4, -0.2) is 0 Å². The van der Waals surface area contributed by atoms with Crippen LogP contribution in [0.4, 0.5) is 28.9 Å². The molecule has 4 aromatic carbocycles. The monoisotopic (exact) mass is 568 g/mol. The third-order valence-electron chi connectivity index (χ3n) is 5.33. The van der Waals surface area contributed by atoms with E-state index in [1.165, 1.54) is 24.3 Å². The molecule has 190 valence electrons. The van der Waals surface area contributed by atoms with Crippen LogP contribution in [0.3, 0.4) is 0 Å². The van der Waals surface area contributed by atoms with Crippen molar-refractivity contribution in [3.05, 3.63) is 130 Å². The van der Waals surface area contributed by atoms with Crippen molar-refractivity contribution in [1.29, 1.82) is 0 Å². The van der Waals surface area contributed by atoms with Gasteiger partial charge in [-0.3, -0.25) is 0 Å². The van der Waals surface area contributed by atoms with Crippen molar-refractivity contribution in [1.82, 2.24) is 0 Å². The van der Waals surface area contributed by atoms with Gasteiger partial charge in [-0.15, -0.1) is 12.1 Å². The second kappa shape index (κ2) is 11.9. The number of benzene rings is 4. The van der Waals surface area contributed by atoms with Gasteiger partial charge in [-0.05, 0) is 18.2 Å². The summed E-state index contributed by atoms with van der Waals surface area (Å²) in [6.07, 6.45) is -4.55. The Bertz CT molecular complexity index is 1320. The Morgan fingerprint density at radius 1 is 0.611 bits per heavy atom. The normalized spacial score (nSPS) is 12.8. The molecule has 0 aromatic heterocycles. The summed E-state index contributed by atoms with van der Waals surface area (Å²) in [5, 5.41) is 9.55. The number of para-hydroxylation sites is 2. The van der Waals surface area contributed by atoms with Gasteiger partial charge in [0.25, 0.3) is 0 Å². The van der Waals surface area contributed by atoms with Crippen LogP contribution < -0.4 is 0 Å². The first-order chi connectivity index (χ1) is 16.7. The van der Waals surface area contributed by atoms with E-state index in [1.807, 2.05) is 0 Å². The third-order valence-corrected chi connectivity index (χ3v) is 6.02. The number of halogens is 4. The largest absolute Gasteiger partial charge is 0.781 e. The van der Waals surface area contributed by atoms with E-state index >= 15 is 0 Å². The summed E-state index contributed by atoms with van der Waals surface area (Å²) < 4.78 is 55.0.